The minimum absolute atomic E-state index is 0.112. The number of ether oxygens (including phenoxy) is 2. The highest BCUT2D eigenvalue weighted by Crippen LogP contribution is 2.39. The second kappa shape index (κ2) is 9.97. The minimum atomic E-state index is -0.662. The van der Waals surface area contributed by atoms with E-state index in [1.54, 1.807) is 29.2 Å². The van der Waals surface area contributed by atoms with Gasteiger partial charge in [0.1, 0.15) is 11.5 Å². The molecule has 2 aliphatic heterocycles. The number of hydrogen-bond donors (Lipinski definition) is 1. The molecular weight excluding hydrogens is 408 g/mol. The highest BCUT2D eigenvalue weighted by atomic mass is 16.5. The minimum Gasteiger partial charge on any atom is -0.507 e. The normalized spacial score (nSPS) is 21.2. The third kappa shape index (κ3) is 4.54. The van der Waals surface area contributed by atoms with Gasteiger partial charge >= 0.3 is 0 Å². The van der Waals surface area contributed by atoms with Crippen LogP contribution in [0.1, 0.15) is 23.6 Å². The van der Waals surface area contributed by atoms with E-state index in [0.717, 1.165) is 44.8 Å². The molecule has 7 heteroatoms. The smallest absolute Gasteiger partial charge is 0.295 e. The van der Waals surface area contributed by atoms with Crippen LogP contribution in [0.5, 0.6) is 5.75 Å². The maximum Gasteiger partial charge on any atom is 0.295 e. The molecule has 0 bridgehead atoms. The van der Waals surface area contributed by atoms with Crippen molar-refractivity contribution < 1.29 is 24.2 Å². The quantitative estimate of drug-likeness (QED) is 0.409. The van der Waals surface area contributed by atoms with Crippen LogP contribution in [0.4, 0.5) is 0 Å². The van der Waals surface area contributed by atoms with Crippen LogP contribution in [-0.2, 0) is 14.3 Å². The summed E-state index contributed by atoms with van der Waals surface area (Å²) in [7, 11) is 1.54. The van der Waals surface area contributed by atoms with Crippen molar-refractivity contribution in [3.63, 3.8) is 0 Å². The molecule has 1 N–H and O–H groups in total. The summed E-state index contributed by atoms with van der Waals surface area (Å²) in [5.74, 6) is -0.868. The molecule has 2 aromatic carbocycles. The van der Waals surface area contributed by atoms with Gasteiger partial charge in [-0.25, -0.2) is 0 Å². The summed E-state index contributed by atoms with van der Waals surface area (Å²) in [6.45, 7) is 4.43. The number of carbonyl (C=O) groups is 2. The molecule has 32 heavy (non-hydrogen) atoms. The SMILES string of the molecule is COc1cccc(C(O)=C2C(=O)C(=O)N(CCCN3CCOCC3)C2c2ccccc2)c1. The van der Waals surface area contributed by atoms with Crippen LogP contribution in [0.15, 0.2) is 60.2 Å². The van der Waals surface area contributed by atoms with E-state index in [2.05, 4.69) is 4.90 Å². The lowest BCUT2D eigenvalue weighted by molar-refractivity contribution is -0.140. The van der Waals surface area contributed by atoms with Gasteiger partial charge in [-0.05, 0) is 24.1 Å². The summed E-state index contributed by atoms with van der Waals surface area (Å²) < 4.78 is 10.6. The highest BCUT2D eigenvalue weighted by Gasteiger charge is 2.45. The predicted molar refractivity (Wildman–Crippen MR) is 120 cm³/mol. The molecule has 1 unspecified atom stereocenters. The Morgan fingerprint density at radius 2 is 1.81 bits per heavy atom. The topological polar surface area (TPSA) is 79.3 Å². The molecule has 0 saturated carbocycles. The van der Waals surface area contributed by atoms with Crippen LogP contribution in [0.3, 0.4) is 0 Å². The number of benzene rings is 2. The Labute approximate surface area is 187 Å². The third-order valence-electron chi connectivity index (χ3n) is 5.98. The summed E-state index contributed by atoms with van der Waals surface area (Å²) in [4.78, 5) is 30.0. The molecule has 2 aromatic rings. The van der Waals surface area contributed by atoms with Crippen LogP contribution in [0.2, 0.25) is 0 Å². The number of hydrogen-bond acceptors (Lipinski definition) is 6. The molecular formula is C25H28N2O5. The molecule has 0 aromatic heterocycles. The van der Waals surface area contributed by atoms with Gasteiger partial charge in [0.2, 0.25) is 0 Å². The van der Waals surface area contributed by atoms with Gasteiger partial charge in [-0.15, -0.1) is 0 Å². The average molecular weight is 437 g/mol. The Balaban J connectivity index is 1.65. The Hall–Kier alpha value is -3.16. The summed E-state index contributed by atoms with van der Waals surface area (Å²) in [5.41, 5.74) is 1.35. The maximum atomic E-state index is 13.1. The zero-order valence-corrected chi connectivity index (χ0v) is 18.2. The maximum absolute atomic E-state index is 13.1. The van der Waals surface area contributed by atoms with Crippen molar-refractivity contribution in [3.8, 4) is 5.75 Å². The van der Waals surface area contributed by atoms with E-state index in [9.17, 15) is 14.7 Å². The number of rotatable bonds is 7. The number of methoxy groups -OCH3 is 1. The number of carbonyl (C=O) groups excluding carboxylic acids is 2. The lowest BCUT2D eigenvalue weighted by Gasteiger charge is -2.29. The van der Waals surface area contributed by atoms with E-state index in [4.69, 9.17) is 9.47 Å². The largest absolute Gasteiger partial charge is 0.507 e. The lowest BCUT2D eigenvalue weighted by Crippen LogP contribution is -2.38. The first-order chi connectivity index (χ1) is 15.6. The van der Waals surface area contributed by atoms with Crippen LogP contribution in [-0.4, -0.2) is 73.1 Å². The molecule has 7 nitrogen and oxygen atoms in total. The predicted octanol–water partition coefficient (Wildman–Crippen LogP) is 2.84. The van der Waals surface area contributed by atoms with Crippen LogP contribution < -0.4 is 4.74 Å². The van der Waals surface area contributed by atoms with Crippen LogP contribution in [0, 0.1) is 0 Å². The molecule has 0 radical (unpaired) electrons. The summed E-state index contributed by atoms with van der Waals surface area (Å²) >= 11 is 0. The van der Waals surface area contributed by atoms with E-state index in [0.29, 0.717) is 17.9 Å². The Morgan fingerprint density at radius 3 is 2.53 bits per heavy atom. The van der Waals surface area contributed by atoms with Crippen molar-refractivity contribution in [2.24, 2.45) is 0 Å². The number of aliphatic hydroxyl groups is 1. The third-order valence-corrected chi connectivity index (χ3v) is 5.98. The van der Waals surface area contributed by atoms with Gasteiger partial charge in [0, 0.05) is 31.7 Å². The lowest BCUT2D eigenvalue weighted by atomic mass is 9.95. The van der Waals surface area contributed by atoms with Gasteiger partial charge in [-0.3, -0.25) is 14.5 Å². The summed E-state index contributed by atoms with van der Waals surface area (Å²) in [6.07, 6.45) is 0.732. The molecule has 1 amide bonds. The van der Waals surface area contributed by atoms with E-state index >= 15 is 0 Å². The van der Waals surface area contributed by atoms with E-state index in [-0.39, 0.29) is 11.3 Å². The van der Waals surface area contributed by atoms with Gasteiger partial charge in [0.25, 0.3) is 11.7 Å². The molecule has 4 rings (SSSR count). The van der Waals surface area contributed by atoms with Crippen molar-refractivity contribution in [3.05, 3.63) is 71.3 Å². The second-order valence-electron chi connectivity index (χ2n) is 7.94. The molecule has 2 heterocycles. The van der Waals surface area contributed by atoms with Crippen molar-refractivity contribution in [1.29, 1.82) is 0 Å². The van der Waals surface area contributed by atoms with Gasteiger partial charge in [0.15, 0.2) is 0 Å². The molecule has 2 saturated heterocycles. The Morgan fingerprint density at radius 1 is 1.06 bits per heavy atom. The number of amides is 1. The highest BCUT2D eigenvalue weighted by molar-refractivity contribution is 6.46. The first kappa shape index (κ1) is 22.0. The monoisotopic (exact) mass is 436 g/mol. The average Bonchev–Trinajstić information content (AvgIpc) is 3.10. The summed E-state index contributed by atoms with van der Waals surface area (Å²) in [5, 5.41) is 11.1. The number of ketones is 1. The molecule has 1 atom stereocenters. The van der Waals surface area contributed by atoms with Crippen LogP contribution >= 0.6 is 0 Å². The first-order valence-corrected chi connectivity index (χ1v) is 10.9. The zero-order chi connectivity index (χ0) is 22.5. The standard InChI is InChI=1S/C25H28N2O5/c1-31-20-10-5-9-19(17-20)23(28)21-22(18-7-3-2-4-8-18)27(25(30)24(21)29)12-6-11-26-13-15-32-16-14-26/h2-5,7-10,17,22,28H,6,11-16H2,1H3. The van der Waals surface area contributed by atoms with Gasteiger partial charge in [-0.1, -0.05) is 42.5 Å². The molecule has 2 aliphatic rings. The van der Waals surface area contributed by atoms with E-state index in [1.807, 2.05) is 30.3 Å². The van der Waals surface area contributed by atoms with Crippen LogP contribution in [0.25, 0.3) is 5.76 Å². The van der Waals surface area contributed by atoms with Crippen molar-refractivity contribution >= 4 is 17.4 Å². The fraction of sp³-hybridized carbons (Fsp3) is 0.360. The molecule has 0 aliphatic carbocycles. The van der Waals surface area contributed by atoms with Crippen molar-refractivity contribution in [2.75, 3.05) is 46.5 Å². The van der Waals surface area contributed by atoms with Gasteiger partial charge < -0.3 is 19.5 Å². The second-order valence-corrected chi connectivity index (χ2v) is 7.94. The fourth-order valence-electron chi connectivity index (χ4n) is 4.31. The fourth-order valence-corrected chi connectivity index (χ4v) is 4.31. The number of likely N-dealkylation sites (tertiary alicyclic amines) is 1. The number of aliphatic hydroxyl groups excluding tert-OH is 1. The molecule has 2 fully saturated rings. The number of morpholine rings is 1. The Bertz CT molecular complexity index is 998. The van der Waals surface area contributed by atoms with E-state index < -0.39 is 17.7 Å². The first-order valence-electron chi connectivity index (χ1n) is 10.9. The summed E-state index contributed by atoms with van der Waals surface area (Å²) in [6, 6.07) is 15.6. The molecule has 168 valence electrons. The Kier molecular flexibility index (Phi) is 6.87. The number of Topliss-reactive ketones (excluding diaryl/α,β-unsaturated/α-hetero) is 1. The molecule has 0 spiro atoms. The van der Waals surface area contributed by atoms with Crippen molar-refractivity contribution in [1.82, 2.24) is 9.80 Å². The van der Waals surface area contributed by atoms with E-state index in [1.165, 1.54) is 7.11 Å². The van der Waals surface area contributed by atoms with Gasteiger partial charge in [-0.2, -0.15) is 0 Å². The van der Waals surface area contributed by atoms with Gasteiger partial charge in [0.05, 0.1) is 31.9 Å². The zero-order valence-electron chi connectivity index (χ0n) is 18.2. The van der Waals surface area contributed by atoms with Crippen molar-refractivity contribution in [2.45, 2.75) is 12.5 Å². The number of nitrogens with zero attached hydrogens (tertiary/aromatic N) is 2.